The number of alkyl halides is 1. The highest BCUT2D eigenvalue weighted by molar-refractivity contribution is 6.17. The number of carboxylic acids is 1. The number of hydrogen-bond acceptors (Lipinski definition) is 3. The summed E-state index contributed by atoms with van der Waals surface area (Å²) in [4.78, 5) is 10.7. The number of aliphatic hydroxyl groups is 1. The first-order valence-corrected chi connectivity index (χ1v) is 5.58. The van der Waals surface area contributed by atoms with Gasteiger partial charge in [0.05, 0.1) is 6.07 Å². The molecule has 0 aromatic heterocycles. The molecule has 4 nitrogen and oxygen atoms in total. The number of benzene rings is 1. The van der Waals surface area contributed by atoms with Gasteiger partial charge >= 0.3 is 5.97 Å². The van der Waals surface area contributed by atoms with Crippen molar-refractivity contribution >= 4 is 17.6 Å². The minimum atomic E-state index is -1.56. The van der Waals surface area contributed by atoms with Gasteiger partial charge in [0, 0.05) is 12.3 Å². The molecule has 0 amide bonds. The number of aliphatic carboxylic acids is 1. The highest BCUT2D eigenvalue weighted by Gasteiger charge is 2.17. The van der Waals surface area contributed by atoms with E-state index in [4.69, 9.17) is 22.0 Å². The van der Waals surface area contributed by atoms with Crippen LogP contribution in [-0.2, 0) is 17.1 Å². The van der Waals surface area contributed by atoms with Gasteiger partial charge < -0.3 is 10.2 Å². The molecule has 0 aliphatic rings. The molecule has 2 N–H and O–H groups in total. The quantitative estimate of drug-likeness (QED) is 0.787. The van der Waals surface area contributed by atoms with Crippen LogP contribution in [0.2, 0.25) is 0 Å². The van der Waals surface area contributed by atoms with E-state index in [1.165, 1.54) is 0 Å². The summed E-state index contributed by atoms with van der Waals surface area (Å²) in [5, 5.41) is 26.7. The lowest BCUT2D eigenvalue weighted by molar-refractivity contribution is -0.146. The molecule has 0 heterocycles. The third-order valence-electron chi connectivity index (χ3n) is 2.30. The zero-order valence-electron chi connectivity index (χ0n) is 9.06. The molecule has 1 aromatic rings. The standard InChI is InChI=1S/C12H12ClNO3/c13-7-9-4-8(2-1-3-14)5-10(6-9)11(15)12(16)17/h4-6,11,15H,1-2,7H2,(H,16,17). The van der Waals surface area contributed by atoms with Crippen molar-refractivity contribution < 1.29 is 15.0 Å². The Kier molecular flexibility index (Phi) is 4.95. The number of halogens is 1. The maximum Gasteiger partial charge on any atom is 0.337 e. The second-order valence-electron chi connectivity index (χ2n) is 3.62. The molecular weight excluding hydrogens is 242 g/mol. The van der Waals surface area contributed by atoms with Crippen LogP contribution in [0, 0.1) is 11.3 Å². The van der Waals surface area contributed by atoms with Crippen molar-refractivity contribution in [2.24, 2.45) is 0 Å². The van der Waals surface area contributed by atoms with E-state index in [1.807, 2.05) is 12.1 Å². The number of nitrogens with zero attached hydrogens (tertiary/aromatic N) is 1. The van der Waals surface area contributed by atoms with Gasteiger partial charge in [0.25, 0.3) is 0 Å². The minimum absolute atomic E-state index is 0.236. The maximum absolute atomic E-state index is 10.7. The van der Waals surface area contributed by atoms with Crippen molar-refractivity contribution in [2.75, 3.05) is 0 Å². The van der Waals surface area contributed by atoms with Crippen molar-refractivity contribution in [1.29, 1.82) is 5.26 Å². The van der Waals surface area contributed by atoms with Gasteiger partial charge in [-0.05, 0) is 23.1 Å². The fraction of sp³-hybridized carbons (Fsp3) is 0.333. The van der Waals surface area contributed by atoms with Crippen molar-refractivity contribution in [2.45, 2.75) is 24.8 Å². The molecule has 90 valence electrons. The second-order valence-corrected chi connectivity index (χ2v) is 3.88. The van der Waals surface area contributed by atoms with E-state index in [0.29, 0.717) is 18.4 Å². The first-order valence-electron chi connectivity index (χ1n) is 5.05. The molecule has 0 saturated heterocycles. The Morgan fingerprint density at radius 3 is 2.59 bits per heavy atom. The lowest BCUT2D eigenvalue weighted by atomic mass is 10.00. The average molecular weight is 254 g/mol. The molecule has 0 aliphatic heterocycles. The predicted molar refractivity (Wildman–Crippen MR) is 62.5 cm³/mol. The third kappa shape index (κ3) is 3.74. The lowest BCUT2D eigenvalue weighted by Crippen LogP contribution is -2.11. The van der Waals surface area contributed by atoms with Gasteiger partial charge in [0.1, 0.15) is 0 Å². The first-order chi connectivity index (χ1) is 8.08. The summed E-state index contributed by atoms with van der Waals surface area (Å²) < 4.78 is 0. The monoisotopic (exact) mass is 253 g/mol. The van der Waals surface area contributed by atoms with Gasteiger partial charge in [0.2, 0.25) is 0 Å². The maximum atomic E-state index is 10.7. The topological polar surface area (TPSA) is 81.3 Å². The Hall–Kier alpha value is -1.57. The fourth-order valence-electron chi connectivity index (χ4n) is 1.51. The molecule has 0 bridgehead atoms. The SMILES string of the molecule is N#CCCc1cc(CCl)cc(C(O)C(=O)O)c1. The van der Waals surface area contributed by atoms with Crippen LogP contribution in [0.25, 0.3) is 0 Å². The molecule has 5 heteroatoms. The van der Waals surface area contributed by atoms with Crippen LogP contribution in [0.5, 0.6) is 0 Å². The van der Waals surface area contributed by atoms with Crippen molar-refractivity contribution in [1.82, 2.24) is 0 Å². The Morgan fingerprint density at radius 1 is 1.41 bits per heavy atom. The molecule has 1 atom stereocenters. The van der Waals surface area contributed by atoms with Crippen LogP contribution in [0.15, 0.2) is 18.2 Å². The smallest absolute Gasteiger partial charge is 0.337 e. The predicted octanol–water partition coefficient (Wildman–Crippen LogP) is 2.00. The summed E-state index contributed by atoms with van der Waals surface area (Å²) in [7, 11) is 0. The zero-order chi connectivity index (χ0) is 12.8. The second kappa shape index (κ2) is 6.24. The molecule has 0 saturated carbocycles. The summed E-state index contributed by atoms with van der Waals surface area (Å²) in [6.45, 7) is 0. The van der Waals surface area contributed by atoms with E-state index in [0.717, 1.165) is 11.1 Å². The summed E-state index contributed by atoms with van der Waals surface area (Å²) in [5.74, 6) is -1.07. The van der Waals surface area contributed by atoms with Crippen LogP contribution >= 0.6 is 11.6 Å². The Bertz CT molecular complexity index is 454. The van der Waals surface area contributed by atoms with Crippen molar-refractivity contribution in [3.05, 3.63) is 34.9 Å². The van der Waals surface area contributed by atoms with Crippen LogP contribution < -0.4 is 0 Å². The number of nitriles is 1. The van der Waals surface area contributed by atoms with Crippen LogP contribution in [0.3, 0.4) is 0 Å². The molecule has 1 aromatic carbocycles. The lowest BCUT2D eigenvalue weighted by Gasteiger charge is -2.10. The van der Waals surface area contributed by atoms with Crippen LogP contribution in [0.4, 0.5) is 0 Å². The van der Waals surface area contributed by atoms with E-state index in [-0.39, 0.29) is 5.88 Å². The van der Waals surface area contributed by atoms with Gasteiger partial charge in [-0.1, -0.05) is 18.2 Å². The van der Waals surface area contributed by atoms with Crippen LogP contribution in [0.1, 0.15) is 29.2 Å². The van der Waals surface area contributed by atoms with Crippen LogP contribution in [-0.4, -0.2) is 16.2 Å². The minimum Gasteiger partial charge on any atom is -0.479 e. The number of carbonyl (C=O) groups is 1. The van der Waals surface area contributed by atoms with Gasteiger partial charge in [-0.25, -0.2) is 4.79 Å². The van der Waals surface area contributed by atoms with Gasteiger partial charge in [-0.3, -0.25) is 0 Å². The van der Waals surface area contributed by atoms with Crippen molar-refractivity contribution in [3.63, 3.8) is 0 Å². The summed E-state index contributed by atoms with van der Waals surface area (Å²) >= 11 is 5.70. The number of hydrogen-bond donors (Lipinski definition) is 2. The fourth-order valence-corrected chi connectivity index (χ4v) is 1.67. The molecular formula is C12H12ClNO3. The van der Waals surface area contributed by atoms with E-state index in [2.05, 4.69) is 0 Å². The first kappa shape index (κ1) is 13.5. The van der Waals surface area contributed by atoms with E-state index >= 15 is 0 Å². The Balaban J connectivity index is 3.05. The highest BCUT2D eigenvalue weighted by atomic mass is 35.5. The van der Waals surface area contributed by atoms with E-state index in [1.54, 1.807) is 12.1 Å². The van der Waals surface area contributed by atoms with Gasteiger partial charge in [-0.2, -0.15) is 5.26 Å². The summed E-state index contributed by atoms with van der Waals surface area (Å²) in [6.07, 6.45) is -0.700. The Morgan fingerprint density at radius 2 is 2.06 bits per heavy atom. The molecule has 0 aliphatic carbocycles. The van der Waals surface area contributed by atoms with E-state index < -0.39 is 12.1 Å². The number of rotatable bonds is 5. The third-order valence-corrected chi connectivity index (χ3v) is 2.61. The average Bonchev–Trinajstić information content (AvgIpc) is 2.34. The van der Waals surface area contributed by atoms with E-state index in [9.17, 15) is 9.90 Å². The molecule has 0 spiro atoms. The largest absolute Gasteiger partial charge is 0.479 e. The molecule has 0 fully saturated rings. The number of aryl methyl sites for hydroxylation is 1. The highest BCUT2D eigenvalue weighted by Crippen LogP contribution is 2.20. The zero-order valence-corrected chi connectivity index (χ0v) is 9.81. The summed E-state index contributed by atoms with van der Waals surface area (Å²) in [6, 6.07) is 6.97. The molecule has 0 radical (unpaired) electrons. The molecule has 1 unspecified atom stereocenters. The van der Waals surface area contributed by atoms with Crippen molar-refractivity contribution in [3.8, 4) is 6.07 Å². The number of aliphatic hydroxyl groups excluding tert-OH is 1. The summed E-state index contributed by atoms with van der Waals surface area (Å²) in [5.41, 5.74) is 1.83. The molecule has 1 rings (SSSR count). The number of carboxylic acid groups (broad SMARTS) is 1. The normalized spacial score (nSPS) is 11.8. The Labute approximate surface area is 104 Å². The van der Waals surface area contributed by atoms with Gasteiger partial charge in [-0.15, -0.1) is 11.6 Å². The van der Waals surface area contributed by atoms with Gasteiger partial charge in [0.15, 0.2) is 6.10 Å². The molecule has 17 heavy (non-hydrogen) atoms.